The van der Waals surface area contributed by atoms with Crippen LogP contribution in [0, 0.1) is 0 Å². The van der Waals surface area contributed by atoms with Gasteiger partial charge in [-0.2, -0.15) is 0 Å². The zero-order valence-electron chi connectivity index (χ0n) is 18.5. The van der Waals surface area contributed by atoms with Crippen molar-refractivity contribution in [2.24, 2.45) is 0 Å². The molecule has 1 aliphatic heterocycles. The van der Waals surface area contributed by atoms with E-state index in [1.807, 2.05) is 28.8 Å². The van der Waals surface area contributed by atoms with E-state index in [1.54, 1.807) is 0 Å². The Morgan fingerprint density at radius 3 is 2.81 bits per heavy atom. The highest BCUT2D eigenvalue weighted by Gasteiger charge is 2.19. The van der Waals surface area contributed by atoms with Crippen LogP contribution in [0.25, 0.3) is 16.9 Å². The molecule has 0 radical (unpaired) electrons. The first-order valence-electron chi connectivity index (χ1n) is 11.0. The molecule has 166 valence electrons. The summed E-state index contributed by atoms with van der Waals surface area (Å²) in [5, 5.41) is 3.05. The summed E-state index contributed by atoms with van der Waals surface area (Å²) in [6, 6.07) is 7.91. The van der Waals surface area contributed by atoms with Gasteiger partial charge in [0.2, 0.25) is 0 Å². The van der Waals surface area contributed by atoms with Crippen molar-refractivity contribution in [1.29, 1.82) is 0 Å². The highest BCUT2D eigenvalue weighted by Crippen LogP contribution is 2.23. The van der Waals surface area contributed by atoms with E-state index in [-0.39, 0.29) is 5.91 Å². The summed E-state index contributed by atoms with van der Waals surface area (Å²) in [4.78, 5) is 22.2. The van der Waals surface area contributed by atoms with Gasteiger partial charge in [-0.05, 0) is 45.3 Å². The molecule has 1 amide bonds. The minimum absolute atomic E-state index is 0.121. The van der Waals surface area contributed by atoms with Gasteiger partial charge in [-0.25, -0.2) is 4.98 Å². The van der Waals surface area contributed by atoms with E-state index in [9.17, 15) is 4.79 Å². The van der Waals surface area contributed by atoms with Crippen LogP contribution in [-0.2, 0) is 11.3 Å². The number of aromatic nitrogens is 3. The molecule has 1 saturated heterocycles. The molecule has 8 nitrogen and oxygen atoms in total. The highest BCUT2D eigenvalue weighted by molar-refractivity contribution is 6.00. The molecule has 3 aromatic rings. The normalized spacial score (nSPS) is 15.1. The first-order valence-corrected chi connectivity index (χ1v) is 11.0. The van der Waals surface area contributed by atoms with Gasteiger partial charge in [0.1, 0.15) is 5.82 Å². The monoisotopic (exact) mass is 424 g/mol. The lowest BCUT2D eigenvalue weighted by Crippen LogP contribution is -2.38. The molecule has 4 rings (SSSR count). The lowest BCUT2D eigenvalue weighted by atomic mass is 10.3. The first-order chi connectivity index (χ1) is 15.1. The Morgan fingerprint density at radius 1 is 1.16 bits per heavy atom. The van der Waals surface area contributed by atoms with Crippen LogP contribution >= 0.6 is 0 Å². The van der Waals surface area contributed by atoms with E-state index in [0.29, 0.717) is 12.2 Å². The third-order valence-corrected chi connectivity index (χ3v) is 5.62. The molecular weight excluding hydrogens is 392 g/mol. The quantitative estimate of drug-likeness (QED) is 0.531. The number of rotatable bonds is 9. The van der Waals surface area contributed by atoms with Gasteiger partial charge in [-0.1, -0.05) is 6.07 Å². The Labute approximate surface area is 183 Å². The maximum absolute atomic E-state index is 12.9. The predicted octanol–water partition coefficient (Wildman–Crippen LogP) is 1.82. The van der Waals surface area contributed by atoms with Gasteiger partial charge in [0.25, 0.3) is 5.91 Å². The van der Waals surface area contributed by atoms with Crippen LogP contribution in [0.3, 0.4) is 0 Å². The molecule has 3 aromatic heterocycles. The smallest absolute Gasteiger partial charge is 0.272 e. The van der Waals surface area contributed by atoms with E-state index in [1.165, 1.54) is 0 Å². The number of morpholine rings is 1. The standard InChI is InChI=1S/C23H32N6O2/c1-26(2)12-13-28-11-7-19(18-28)22-25-21(20-6-3-4-10-29(20)22)23(30)24-8-5-9-27-14-16-31-17-15-27/h3-4,6-7,10-11,18H,5,8-9,12-17H2,1-2H3,(H,24,30). The maximum Gasteiger partial charge on any atom is 0.272 e. The van der Waals surface area contributed by atoms with Crippen LogP contribution in [0.2, 0.25) is 0 Å². The van der Waals surface area contributed by atoms with Gasteiger partial charge >= 0.3 is 0 Å². The third-order valence-electron chi connectivity index (χ3n) is 5.62. The molecule has 8 heteroatoms. The number of carbonyl (C=O) groups is 1. The Hall–Kier alpha value is -2.68. The SMILES string of the molecule is CN(C)CCn1ccc(-c2nc(C(=O)NCCCN3CCOCC3)c3ccccn23)c1. The van der Waals surface area contributed by atoms with Gasteiger partial charge in [0.15, 0.2) is 5.69 Å². The molecule has 0 aromatic carbocycles. The maximum atomic E-state index is 12.9. The average molecular weight is 425 g/mol. The van der Waals surface area contributed by atoms with Gasteiger partial charge in [-0.15, -0.1) is 0 Å². The van der Waals surface area contributed by atoms with E-state index >= 15 is 0 Å². The fourth-order valence-corrected chi connectivity index (χ4v) is 3.85. The summed E-state index contributed by atoms with van der Waals surface area (Å²) in [6.45, 7) is 7.02. The number of hydrogen-bond donors (Lipinski definition) is 1. The van der Waals surface area contributed by atoms with Crippen molar-refractivity contribution >= 4 is 11.4 Å². The zero-order valence-corrected chi connectivity index (χ0v) is 18.5. The summed E-state index contributed by atoms with van der Waals surface area (Å²) in [7, 11) is 4.14. The Morgan fingerprint density at radius 2 is 2.00 bits per heavy atom. The molecule has 0 unspecified atom stereocenters. The Balaban J connectivity index is 1.44. The number of carbonyl (C=O) groups excluding carboxylic acids is 1. The fraction of sp³-hybridized carbons (Fsp3) is 0.478. The molecule has 31 heavy (non-hydrogen) atoms. The lowest BCUT2D eigenvalue weighted by Gasteiger charge is -2.26. The largest absolute Gasteiger partial charge is 0.379 e. The van der Waals surface area contributed by atoms with Crippen molar-refractivity contribution in [3.8, 4) is 11.4 Å². The zero-order chi connectivity index (χ0) is 21.6. The summed E-state index contributed by atoms with van der Waals surface area (Å²) in [6.07, 6.45) is 7.03. The number of amides is 1. The molecule has 4 heterocycles. The Bertz CT molecular complexity index is 1000. The van der Waals surface area contributed by atoms with Crippen molar-refractivity contribution in [2.75, 3.05) is 60.0 Å². The van der Waals surface area contributed by atoms with Gasteiger partial charge in [0.05, 0.1) is 18.7 Å². The Kier molecular flexibility index (Phi) is 7.01. The number of nitrogens with one attached hydrogen (secondary N) is 1. The number of pyridine rings is 1. The molecule has 0 saturated carbocycles. The second-order valence-electron chi connectivity index (χ2n) is 8.24. The predicted molar refractivity (Wildman–Crippen MR) is 121 cm³/mol. The van der Waals surface area contributed by atoms with Crippen LogP contribution in [0.1, 0.15) is 16.9 Å². The van der Waals surface area contributed by atoms with Crippen LogP contribution in [0.5, 0.6) is 0 Å². The van der Waals surface area contributed by atoms with Crippen LogP contribution in [0.4, 0.5) is 0 Å². The minimum atomic E-state index is -0.121. The minimum Gasteiger partial charge on any atom is -0.379 e. The van der Waals surface area contributed by atoms with Crippen molar-refractivity contribution in [3.63, 3.8) is 0 Å². The molecule has 0 aliphatic carbocycles. The molecule has 0 spiro atoms. The lowest BCUT2D eigenvalue weighted by molar-refractivity contribution is 0.0374. The van der Waals surface area contributed by atoms with Crippen LogP contribution in [0.15, 0.2) is 42.9 Å². The number of ether oxygens (including phenoxy) is 1. The molecule has 1 N–H and O–H groups in total. The number of fused-ring (bicyclic) bond motifs is 1. The van der Waals surface area contributed by atoms with Crippen molar-refractivity contribution in [3.05, 3.63) is 48.5 Å². The molecule has 1 aliphatic rings. The summed E-state index contributed by atoms with van der Waals surface area (Å²) in [5.41, 5.74) is 2.30. The number of hydrogen-bond acceptors (Lipinski definition) is 5. The van der Waals surface area contributed by atoms with Gasteiger partial charge < -0.3 is 19.5 Å². The second kappa shape index (κ2) is 10.1. The van der Waals surface area contributed by atoms with E-state index in [0.717, 1.165) is 69.3 Å². The molecule has 0 atom stereocenters. The van der Waals surface area contributed by atoms with Crippen LogP contribution in [-0.4, -0.2) is 89.7 Å². The first kappa shape index (κ1) is 21.5. The van der Waals surface area contributed by atoms with E-state index in [2.05, 4.69) is 52.2 Å². The van der Waals surface area contributed by atoms with E-state index in [4.69, 9.17) is 9.72 Å². The third kappa shape index (κ3) is 5.33. The number of nitrogens with zero attached hydrogens (tertiary/aromatic N) is 5. The van der Waals surface area contributed by atoms with Gasteiger partial charge in [-0.3, -0.25) is 14.1 Å². The summed E-state index contributed by atoms with van der Waals surface area (Å²) >= 11 is 0. The number of likely N-dealkylation sites (N-methyl/N-ethyl adjacent to an activating group) is 1. The summed E-state index contributed by atoms with van der Waals surface area (Å²) in [5.74, 6) is 0.668. The number of imidazole rings is 1. The fourth-order valence-electron chi connectivity index (χ4n) is 3.85. The topological polar surface area (TPSA) is 67.0 Å². The van der Waals surface area contributed by atoms with Crippen LogP contribution < -0.4 is 5.32 Å². The van der Waals surface area contributed by atoms with Gasteiger partial charge in [0, 0.05) is 56.9 Å². The second-order valence-corrected chi connectivity index (χ2v) is 8.24. The molecule has 1 fully saturated rings. The summed E-state index contributed by atoms with van der Waals surface area (Å²) < 4.78 is 9.53. The van der Waals surface area contributed by atoms with Crippen molar-refractivity contribution in [2.45, 2.75) is 13.0 Å². The van der Waals surface area contributed by atoms with Crippen molar-refractivity contribution < 1.29 is 9.53 Å². The molecule has 0 bridgehead atoms. The van der Waals surface area contributed by atoms with E-state index < -0.39 is 0 Å². The highest BCUT2D eigenvalue weighted by atomic mass is 16.5. The molecular formula is C23H32N6O2. The average Bonchev–Trinajstić information content (AvgIpc) is 3.40. The van der Waals surface area contributed by atoms with Crippen molar-refractivity contribution in [1.82, 2.24) is 29.1 Å².